The van der Waals surface area contributed by atoms with Gasteiger partial charge in [0.25, 0.3) is 11.6 Å². The summed E-state index contributed by atoms with van der Waals surface area (Å²) in [4.78, 5) is 24.3. The van der Waals surface area contributed by atoms with E-state index in [4.69, 9.17) is 23.2 Å². The Hall–Kier alpha value is -2.25. The maximum absolute atomic E-state index is 11.8. The zero-order valence-electron chi connectivity index (χ0n) is 9.68. The molecular formula is C11H7Cl2N3O4. The number of nitrogens with one attached hydrogen (secondary N) is 2. The summed E-state index contributed by atoms with van der Waals surface area (Å²) < 4.78 is 0. The number of nitro benzene ring substituents is 1. The molecule has 0 aliphatic rings. The molecule has 2 rings (SSSR count). The van der Waals surface area contributed by atoms with Crippen molar-refractivity contribution in [1.29, 1.82) is 0 Å². The summed E-state index contributed by atoms with van der Waals surface area (Å²) in [5, 5.41) is 22.8. The molecule has 9 heteroatoms. The average Bonchev–Trinajstić information content (AvgIpc) is 2.72. The number of carbonyl (C=O) groups excluding carboxylic acids is 1. The molecule has 0 aliphatic carbocycles. The summed E-state index contributed by atoms with van der Waals surface area (Å²) in [5.41, 5.74) is -0.161. The number of hydrogen-bond acceptors (Lipinski definition) is 4. The highest BCUT2D eigenvalue weighted by Crippen LogP contribution is 2.29. The second-order valence-corrected chi connectivity index (χ2v) is 4.54. The third-order valence-electron chi connectivity index (χ3n) is 2.41. The number of aromatic amines is 1. The molecular weight excluding hydrogens is 309 g/mol. The Labute approximate surface area is 122 Å². The minimum absolute atomic E-state index is 0.0300. The van der Waals surface area contributed by atoms with Gasteiger partial charge in [0.05, 0.1) is 21.7 Å². The van der Waals surface area contributed by atoms with Crippen LogP contribution in [0.2, 0.25) is 10.2 Å². The predicted octanol–water partition coefficient (Wildman–Crippen LogP) is 3.19. The number of aromatic nitrogens is 1. The van der Waals surface area contributed by atoms with Gasteiger partial charge in [-0.2, -0.15) is 0 Å². The maximum Gasteiger partial charge on any atom is 0.273 e. The standard InChI is InChI=1S/C11H7Cl2N3O4/c12-6-4-8(14-10(6)13)11(18)15-7-2-1-5(16(19)20)3-9(7)17/h1-4,14,17H,(H,15,18). The lowest BCUT2D eigenvalue weighted by molar-refractivity contribution is -0.384. The minimum atomic E-state index is -0.657. The van der Waals surface area contributed by atoms with Gasteiger partial charge in [-0.15, -0.1) is 0 Å². The number of aromatic hydroxyl groups is 1. The van der Waals surface area contributed by atoms with E-state index in [2.05, 4.69) is 10.3 Å². The number of anilines is 1. The van der Waals surface area contributed by atoms with Crippen LogP contribution in [-0.4, -0.2) is 20.9 Å². The fourth-order valence-electron chi connectivity index (χ4n) is 1.46. The van der Waals surface area contributed by atoms with Crippen LogP contribution in [0.25, 0.3) is 0 Å². The number of nitrogens with zero attached hydrogens (tertiary/aromatic N) is 1. The first-order valence-electron chi connectivity index (χ1n) is 5.21. The van der Waals surface area contributed by atoms with Crippen LogP contribution in [0.4, 0.5) is 11.4 Å². The molecule has 0 bridgehead atoms. The molecule has 1 aromatic carbocycles. The number of nitro groups is 1. The molecule has 0 saturated heterocycles. The van der Waals surface area contributed by atoms with Gasteiger partial charge in [0.2, 0.25) is 0 Å². The Morgan fingerprint density at radius 1 is 1.35 bits per heavy atom. The Bertz CT molecular complexity index is 679. The van der Waals surface area contributed by atoms with Crippen LogP contribution < -0.4 is 5.32 Å². The molecule has 0 radical (unpaired) electrons. The van der Waals surface area contributed by atoms with Crippen molar-refractivity contribution in [3.63, 3.8) is 0 Å². The van der Waals surface area contributed by atoms with Crippen LogP contribution in [0.15, 0.2) is 24.3 Å². The SMILES string of the molecule is O=C(Nc1ccc([N+](=O)[O-])cc1O)c1cc(Cl)c(Cl)[nH]1. The molecule has 104 valence electrons. The number of phenols is 1. The van der Waals surface area contributed by atoms with E-state index in [9.17, 15) is 20.0 Å². The molecule has 0 fully saturated rings. The topological polar surface area (TPSA) is 108 Å². The summed E-state index contributed by atoms with van der Waals surface area (Å²) in [6.07, 6.45) is 0. The Balaban J connectivity index is 2.21. The van der Waals surface area contributed by atoms with Gasteiger partial charge in [0.1, 0.15) is 16.6 Å². The van der Waals surface area contributed by atoms with E-state index in [1.807, 2.05) is 0 Å². The van der Waals surface area contributed by atoms with E-state index in [0.717, 1.165) is 12.1 Å². The molecule has 0 spiro atoms. The lowest BCUT2D eigenvalue weighted by Crippen LogP contribution is -2.12. The summed E-state index contributed by atoms with van der Waals surface area (Å²) in [7, 11) is 0. The van der Waals surface area contributed by atoms with Gasteiger partial charge in [-0.05, 0) is 12.1 Å². The first-order valence-corrected chi connectivity index (χ1v) is 5.97. The zero-order valence-corrected chi connectivity index (χ0v) is 11.2. The molecule has 7 nitrogen and oxygen atoms in total. The number of amides is 1. The molecule has 1 heterocycles. The number of halogens is 2. The highest BCUT2D eigenvalue weighted by Gasteiger charge is 2.15. The molecule has 20 heavy (non-hydrogen) atoms. The van der Waals surface area contributed by atoms with E-state index in [-0.39, 0.29) is 27.2 Å². The summed E-state index contributed by atoms with van der Waals surface area (Å²) >= 11 is 11.4. The molecule has 0 aliphatic heterocycles. The van der Waals surface area contributed by atoms with Gasteiger partial charge < -0.3 is 15.4 Å². The van der Waals surface area contributed by atoms with Crippen LogP contribution in [0.5, 0.6) is 5.75 Å². The molecule has 1 aromatic heterocycles. The van der Waals surface area contributed by atoms with Crippen molar-refractivity contribution in [2.45, 2.75) is 0 Å². The third kappa shape index (κ3) is 2.84. The number of benzene rings is 1. The van der Waals surface area contributed by atoms with Crippen molar-refractivity contribution >= 4 is 40.5 Å². The fraction of sp³-hybridized carbons (Fsp3) is 0. The molecule has 1 amide bonds. The largest absolute Gasteiger partial charge is 0.506 e. The third-order valence-corrected chi connectivity index (χ3v) is 3.10. The smallest absolute Gasteiger partial charge is 0.273 e. The van der Waals surface area contributed by atoms with Crippen LogP contribution in [0, 0.1) is 10.1 Å². The van der Waals surface area contributed by atoms with Gasteiger partial charge >= 0.3 is 0 Å². The summed E-state index contributed by atoms with van der Waals surface area (Å²) in [6.45, 7) is 0. The normalized spacial score (nSPS) is 10.3. The number of rotatable bonds is 3. The Morgan fingerprint density at radius 3 is 2.55 bits per heavy atom. The highest BCUT2D eigenvalue weighted by atomic mass is 35.5. The van der Waals surface area contributed by atoms with E-state index in [1.54, 1.807) is 0 Å². The Morgan fingerprint density at radius 2 is 2.05 bits per heavy atom. The molecule has 3 N–H and O–H groups in total. The second kappa shape index (κ2) is 5.40. The predicted molar refractivity (Wildman–Crippen MR) is 73.5 cm³/mol. The number of phenolic OH excluding ortho intramolecular Hbond substituents is 1. The number of carbonyl (C=O) groups is 1. The average molecular weight is 316 g/mol. The van der Waals surface area contributed by atoms with Crippen LogP contribution in [0.3, 0.4) is 0 Å². The molecule has 0 unspecified atom stereocenters. The van der Waals surface area contributed by atoms with E-state index in [1.165, 1.54) is 12.1 Å². The summed E-state index contributed by atoms with van der Waals surface area (Å²) in [5.74, 6) is -1.01. The van der Waals surface area contributed by atoms with Crippen LogP contribution >= 0.6 is 23.2 Å². The first-order chi connectivity index (χ1) is 9.38. The number of non-ortho nitro benzene ring substituents is 1. The Kier molecular flexibility index (Phi) is 3.82. The van der Waals surface area contributed by atoms with Crippen molar-refractivity contribution in [3.05, 3.63) is 50.2 Å². The molecule has 0 atom stereocenters. The van der Waals surface area contributed by atoms with E-state index < -0.39 is 16.6 Å². The van der Waals surface area contributed by atoms with Gasteiger partial charge in [-0.25, -0.2) is 0 Å². The lowest BCUT2D eigenvalue weighted by atomic mass is 10.2. The first kappa shape index (κ1) is 14.2. The lowest BCUT2D eigenvalue weighted by Gasteiger charge is -2.05. The number of H-pyrrole nitrogens is 1. The van der Waals surface area contributed by atoms with Crippen molar-refractivity contribution < 1.29 is 14.8 Å². The summed E-state index contributed by atoms with van der Waals surface area (Å²) in [6, 6.07) is 4.63. The second-order valence-electron chi connectivity index (χ2n) is 3.76. The molecule has 2 aromatic rings. The quantitative estimate of drug-likeness (QED) is 0.459. The van der Waals surface area contributed by atoms with Crippen LogP contribution in [-0.2, 0) is 0 Å². The van der Waals surface area contributed by atoms with E-state index in [0.29, 0.717) is 0 Å². The highest BCUT2D eigenvalue weighted by molar-refractivity contribution is 6.41. The zero-order chi connectivity index (χ0) is 14.9. The monoisotopic (exact) mass is 315 g/mol. The van der Waals surface area contributed by atoms with Crippen molar-refractivity contribution in [2.24, 2.45) is 0 Å². The van der Waals surface area contributed by atoms with Gasteiger partial charge in [-0.1, -0.05) is 23.2 Å². The van der Waals surface area contributed by atoms with E-state index >= 15 is 0 Å². The van der Waals surface area contributed by atoms with Gasteiger partial charge in [0, 0.05) is 6.07 Å². The van der Waals surface area contributed by atoms with Crippen molar-refractivity contribution in [3.8, 4) is 5.75 Å². The van der Waals surface area contributed by atoms with Crippen molar-refractivity contribution in [2.75, 3.05) is 5.32 Å². The van der Waals surface area contributed by atoms with Gasteiger partial charge in [-0.3, -0.25) is 14.9 Å². The minimum Gasteiger partial charge on any atom is -0.506 e. The van der Waals surface area contributed by atoms with Crippen molar-refractivity contribution in [1.82, 2.24) is 4.98 Å². The number of hydrogen-bond donors (Lipinski definition) is 3. The fourth-order valence-corrected chi connectivity index (χ4v) is 1.77. The molecule has 0 saturated carbocycles. The van der Waals surface area contributed by atoms with Crippen LogP contribution in [0.1, 0.15) is 10.5 Å². The van der Waals surface area contributed by atoms with Gasteiger partial charge in [0.15, 0.2) is 0 Å². The maximum atomic E-state index is 11.8.